The van der Waals surface area contributed by atoms with Crippen LogP contribution in [0.1, 0.15) is 45.4 Å². The minimum Gasteiger partial charge on any atom is -0.338 e. The van der Waals surface area contributed by atoms with Crippen LogP contribution in [0.5, 0.6) is 0 Å². The first-order valence-electron chi connectivity index (χ1n) is 9.76. The molecular formula is C23H21N3O3S. The number of nitrogens with one attached hydrogen (secondary N) is 1. The molecule has 2 aromatic carbocycles. The zero-order valence-corrected chi connectivity index (χ0v) is 17.4. The monoisotopic (exact) mass is 419 g/mol. The molecule has 1 aliphatic heterocycles. The van der Waals surface area contributed by atoms with E-state index in [4.69, 9.17) is 0 Å². The van der Waals surface area contributed by atoms with Crippen LogP contribution in [0, 0.1) is 0 Å². The van der Waals surface area contributed by atoms with Gasteiger partial charge in [0.25, 0.3) is 5.91 Å². The summed E-state index contributed by atoms with van der Waals surface area (Å²) < 4.78 is 0. The van der Waals surface area contributed by atoms with Crippen molar-refractivity contribution in [1.29, 1.82) is 0 Å². The molecule has 6 nitrogen and oxygen atoms in total. The van der Waals surface area contributed by atoms with E-state index in [-0.39, 0.29) is 17.6 Å². The summed E-state index contributed by atoms with van der Waals surface area (Å²) in [5.41, 5.74) is 2.80. The molecule has 0 atom stereocenters. The molecule has 2 heterocycles. The maximum absolute atomic E-state index is 12.8. The van der Waals surface area contributed by atoms with Crippen molar-refractivity contribution < 1.29 is 14.4 Å². The standard InChI is InChI=1S/C23H21N3O3S/c1-15(27)21-20(17-8-3-2-4-9-17)24-23(30-21)25-22(29)18-10-5-7-16(13-18)14-26-12-6-11-19(26)28/h2-5,7-10,13H,6,11-12,14H2,1H3,(H,24,25,29). The second-order valence-electron chi connectivity index (χ2n) is 7.19. The van der Waals surface area contributed by atoms with E-state index in [1.807, 2.05) is 47.4 Å². The molecule has 1 fully saturated rings. The molecule has 0 saturated carbocycles. The molecule has 0 spiro atoms. The van der Waals surface area contributed by atoms with E-state index in [0.717, 1.165) is 24.1 Å². The predicted octanol–water partition coefficient (Wildman–Crippen LogP) is 4.39. The molecule has 7 heteroatoms. The average molecular weight is 420 g/mol. The quantitative estimate of drug-likeness (QED) is 0.601. The number of benzene rings is 2. The normalized spacial score (nSPS) is 13.5. The molecule has 4 rings (SSSR count). The Balaban J connectivity index is 1.53. The first-order chi connectivity index (χ1) is 14.5. The minimum atomic E-state index is -0.298. The van der Waals surface area contributed by atoms with E-state index < -0.39 is 0 Å². The Morgan fingerprint density at radius 2 is 1.93 bits per heavy atom. The fourth-order valence-electron chi connectivity index (χ4n) is 3.48. The molecule has 1 aromatic heterocycles. The Bertz CT molecular complexity index is 1110. The molecule has 1 N–H and O–H groups in total. The molecule has 0 bridgehead atoms. The molecule has 30 heavy (non-hydrogen) atoms. The Hall–Kier alpha value is -3.32. The number of rotatable bonds is 6. The van der Waals surface area contributed by atoms with Crippen LogP contribution in [-0.4, -0.2) is 34.0 Å². The molecule has 1 aliphatic rings. The van der Waals surface area contributed by atoms with Gasteiger partial charge in [-0.2, -0.15) is 0 Å². The van der Waals surface area contributed by atoms with Gasteiger partial charge >= 0.3 is 0 Å². The van der Waals surface area contributed by atoms with Crippen molar-refractivity contribution in [2.45, 2.75) is 26.3 Å². The van der Waals surface area contributed by atoms with Crippen LogP contribution in [-0.2, 0) is 11.3 Å². The first-order valence-corrected chi connectivity index (χ1v) is 10.6. The number of nitrogens with zero attached hydrogens (tertiary/aromatic N) is 2. The van der Waals surface area contributed by atoms with E-state index in [1.165, 1.54) is 18.3 Å². The summed E-state index contributed by atoms with van der Waals surface area (Å²) >= 11 is 1.17. The van der Waals surface area contributed by atoms with Gasteiger partial charge in [-0.25, -0.2) is 4.98 Å². The highest BCUT2D eigenvalue weighted by Crippen LogP contribution is 2.31. The van der Waals surface area contributed by atoms with Crippen molar-refractivity contribution in [3.8, 4) is 11.3 Å². The number of ketones is 1. The van der Waals surface area contributed by atoms with Crippen LogP contribution in [0.3, 0.4) is 0 Å². The number of amides is 2. The SMILES string of the molecule is CC(=O)c1sc(NC(=O)c2cccc(CN3CCCC3=O)c2)nc1-c1ccccc1. The molecule has 0 aliphatic carbocycles. The number of carbonyl (C=O) groups is 3. The van der Waals surface area contributed by atoms with E-state index in [2.05, 4.69) is 10.3 Å². The Kier molecular flexibility index (Phi) is 5.72. The molecule has 0 unspecified atom stereocenters. The van der Waals surface area contributed by atoms with Gasteiger partial charge in [0, 0.05) is 37.6 Å². The Morgan fingerprint density at radius 1 is 1.13 bits per heavy atom. The summed E-state index contributed by atoms with van der Waals surface area (Å²) in [4.78, 5) is 43.5. The lowest BCUT2D eigenvalue weighted by Gasteiger charge is -2.15. The van der Waals surface area contributed by atoms with Gasteiger partial charge in [-0.3, -0.25) is 19.7 Å². The maximum atomic E-state index is 12.8. The van der Waals surface area contributed by atoms with Crippen molar-refractivity contribution in [1.82, 2.24) is 9.88 Å². The third-order valence-electron chi connectivity index (χ3n) is 4.95. The summed E-state index contributed by atoms with van der Waals surface area (Å²) in [6.45, 7) is 2.75. The smallest absolute Gasteiger partial charge is 0.257 e. The predicted molar refractivity (Wildman–Crippen MR) is 117 cm³/mol. The van der Waals surface area contributed by atoms with Gasteiger partial charge in [0.15, 0.2) is 10.9 Å². The second-order valence-corrected chi connectivity index (χ2v) is 8.19. The third kappa shape index (κ3) is 4.31. The summed E-state index contributed by atoms with van der Waals surface area (Å²) in [6, 6.07) is 16.7. The summed E-state index contributed by atoms with van der Waals surface area (Å²) in [7, 11) is 0. The van der Waals surface area contributed by atoms with Gasteiger partial charge in [0.05, 0.1) is 10.6 Å². The van der Waals surface area contributed by atoms with Crippen molar-refractivity contribution in [3.63, 3.8) is 0 Å². The van der Waals surface area contributed by atoms with Gasteiger partial charge < -0.3 is 4.90 Å². The number of likely N-dealkylation sites (tertiary alicyclic amines) is 1. The minimum absolute atomic E-state index is 0.0934. The summed E-state index contributed by atoms with van der Waals surface area (Å²) in [5, 5.41) is 3.19. The van der Waals surface area contributed by atoms with E-state index in [1.54, 1.807) is 12.1 Å². The maximum Gasteiger partial charge on any atom is 0.257 e. The zero-order valence-electron chi connectivity index (χ0n) is 16.6. The molecular weight excluding hydrogens is 398 g/mol. The largest absolute Gasteiger partial charge is 0.338 e. The first kappa shape index (κ1) is 20.0. The highest BCUT2D eigenvalue weighted by molar-refractivity contribution is 7.18. The highest BCUT2D eigenvalue weighted by Gasteiger charge is 2.21. The molecule has 3 aromatic rings. The third-order valence-corrected chi connectivity index (χ3v) is 6.02. The number of anilines is 1. The van der Waals surface area contributed by atoms with E-state index >= 15 is 0 Å². The lowest BCUT2D eigenvalue weighted by atomic mass is 10.1. The average Bonchev–Trinajstić information content (AvgIpc) is 3.35. The van der Waals surface area contributed by atoms with Crippen molar-refractivity contribution in [3.05, 3.63) is 70.6 Å². The lowest BCUT2D eigenvalue weighted by molar-refractivity contribution is -0.128. The number of Topliss-reactive ketones (excluding diaryl/α,β-unsaturated/α-hetero) is 1. The summed E-state index contributed by atoms with van der Waals surface area (Å²) in [5.74, 6) is -0.241. The zero-order chi connectivity index (χ0) is 21.1. The van der Waals surface area contributed by atoms with Crippen LogP contribution in [0.2, 0.25) is 0 Å². The van der Waals surface area contributed by atoms with Gasteiger partial charge in [0.1, 0.15) is 0 Å². The van der Waals surface area contributed by atoms with Crippen molar-refractivity contribution >= 4 is 34.1 Å². The molecule has 1 saturated heterocycles. The van der Waals surface area contributed by atoms with Crippen molar-refractivity contribution in [2.24, 2.45) is 0 Å². The molecule has 2 amide bonds. The second kappa shape index (κ2) is 8.59. The number of thiazole rings is 1. The van der Waals surface area contributed by atoms with Crippen LogP contribution < -0.4 is 5.32 Å². The van der Waals surface area contributed by atoms with Crippen LogP contribution in [0.4, 0.5) is 5.13 Å². The number of hydrogen-bond acceptors (Lipinski definition) is 5. The number of hydrogen-bond donors (Lipinski definition) is 1. The lowest BCUT2D eigenvalue weighted by Crippen LogP contribution is -2.24. The van der Waals surface area contributed by atoms with Crippen LogP contribution in [0.25, 0.3) is 11.3 Å². The van der Waals surface area contributed by atoms with Gasteiger partial charge in [0.2, 0.25) is 5.91 Å². The Morgan fingerprint density at radius 3 is 2.63 bits per heavy atom. The van der Waals surface area contributed by atoms with E-state index in [9.17, 15) is 14.4 Å². The Labute approximate surface area is 178 Å². The van der Waals surface area contributed by atoms with E-state index in [0.29, 0.717) is 34.2 Å². The van der Waals surface area contributed by atoms with Gasteiger partial charge in [-0.1, -0.05) is 53.8 Å². The molecule has 0 radical (unpaired) electrons. The number of aromatic nitrogens is 1. The fourth-order valence-corrected chi connectivity index (χ4v) is 4.35. The fraction of sp³-hybridized carbons (Fsp3) is 0.217. The number of carbonyl (C=O) groups excluding carboxylic acids is 3. The molecule has 152 valence electrons. The van der Waals surface area contributed by atoms with Crippen molar-refractivity contribution in [2.75, 3.05) is 11.9 Å². The van der Waals surface area contributed by atoms with Gasteiger partial charge in [-0.15, -0.1) is 0 Å². The highest BCUT2D eigenvalue weighted by atomic mass is 32.1. The van der Waals surface area contributed by atoms with Crippen LogP contribution >= 0.6 is 11.3 Å². The van der Waals surface area contributed by atoms with Crippen LogP contribution in [0.15, 0.2) is 54.6 Å². The topological polar surface area (TPSA) is 79.4 Å². The van der Waals surface area contributed by atoms with Gasteiger partial charge in [-0.05, 0) is 24.1 Å². The summed E-state index contributed by atoms with van der Waals surface area (Å²) in [6.07, 6.45) is 1.47.